The van der Waals surface area contributed by atoms with Crippen LogP contribution in [0.15, 0.2) is 34.2 Å². The van der Waals surface area contributed by atoms with Crippen molar-refractivity contribution in [3.63, 3.8) is 0 Å². The van der Waals surface area contributed by atoms with Crippen molar-refractivity contribution in [3.05, 3.63) is 34.3 Å². The number of anilines is 1. The molecule has 0 unspecified atom stereocenters. The normalized spacial score (nSPS) is 11.5. The molecule has 2 rings (SSSR count). The molecule has 0 bridgehead atoms. The molecule has 0 spiro atoms. The molecule has 0 radical (unpaired) electrons. The predicted octanol–water partition coefficient (Wildman–Crippen LogP) is 2.03. The van der Waals surface area contributed by atoms with Crippen LogP contribution in [0.2, 0.25) is 5.15 Å². The first-order valence-electron chi connectivity index (χ1n) is 4.72. The highest BCUT2D eigenvalue weighted by Gasteiger charge is 2.23. The SMILES string of the molecule is Cn1cnc(S(=O)(=O)Nc2ncccc2Br)c1Cl. The maximum atomic E-state index is 12.1. The number of halogens is 2. The Morgan fingerprint density at radius 1 is 1.44 bits per heavy atom. The summed E-state index contributed by atoms with van der Waals surface area (Å²) < 4.78 is 28.4. The van der Waals surface area contributed by atoms with Crippen LogP contribution in [-0.4, -0.2) is 23.0 Å². The van der Waals surface area contributed by atoms with Crippen LogP contribution < -0.4 is 4.72 Å². The van der Waals surface area contributed by atoms with Crippen molar-refractivity contribution in [1.82, 2.24) is 14.5 Å². The molecule has 0 fully saturated rings. The van der Waals surface area contributed by atoms with E-state index in [0.29, 0.717) is 4.47 Å². The summed E-state index contributed by atoms with van der Waals surface area (Å²) in [5.41, 5.74) is 0. The van der Waals surface area contributed by atoms with E-state index < -0.39 is 10.0 Å². The maximum Gasteiger partial charge on any atom is 0.283 e. The molecule has 6 nitrogen and oxygen atoms in total. The lowest BCUT2D eigenvalue weighted by Crippen LogP contribution is -2.15. The van der Waals surface area contributed by atoms with Crippen LogP contribution >= 0.6 is 27.5 Å². The minimum atomic E-state index is -3.85. The topological polar surface area (TPSA) is 76.9 Å². The molecule has 2 aromatic heterocycles. The number of aryl methyl sites for hydroxylation is 1. The van der Waals surface area contributed by atoms with Crippen LogP contribution in [0.5, 0.6) is 0 Å². The van der Waals surface area contributed by atoms with E-state index in [9.17, 15) is 8.42 Å². The Hall–Kier alpha value is -1.12. The molecule has 18 heavy (non-hydrogen) atoms. The minimum Gasteiger partial charge on any atom is -0.324 e. The van der Waals surface area contributed by atoms with Gasteiger partial charge in [0.15, 0.2) is 5.82 Å². The molecule has 9 heteroatoms. The fourth-order valence-electron chi connectivity index (χ4n) is 1.21. The quantitative estimate of drug-likeness (QED) is 0.918. The van der Waals surface area contributed by atoms with Crippen molar-refractivity contribution in [1.29, 1.82) is 0 Å². The first kappa shape index (κ1) is 13.3. The highest BCUT2D eigenvalue weighted by molar-refractivity contribution is 9.10. The third-order valence-electron chi connectivity index (χ3n) is 2.08. The van der Waals surface area contributed by atoms with Gasteiger partial charge < -0.3 is 4.57 Å². The van der Waals surface area contributed by atoms with Crippen LogP contribution in [0.4, 0.5) is 5.82 Å². The van der Waals surface area contributed by atoms with Crippen molar-refractivity contribution in [3.8, 4) is 0 Å². The summed E-state index contributed by atoms with van der Waals surface area (Å²) in [5.74, 6) is 0.180. The Kier molecular flexibility index (Phi) is 3.60. The van der Waals surface area contributed by atoms with Gasteiger partial charge in [-0.25, -0.2) is 9.97 Å². The van der Waals surface area contributed by atoms with E-state index >= 15 is 0 Å². The number of aromatic nitrogens is 3. The van der Waals surface area contributed by atoms with Crippen molar-refractivity contribution >= 4 is 43.4 Å². The number of hydrogen-bond acceptors (Lipinski definition) is 4. The number of hydrogen-bond donors (Lipinski definition) is 1. The average Bonchev–Trinajstić information content (AvgIpc) is 2.63. The zero-order valence-electron chi connectivity index (χ0n) is 9.13. The highest BCUT2D eigenvalue weighted by Crippen LogP contribution is 2.24. The number of nitrogens with one attached hydrogen (secondary N) is 1. The molecule has 1 N–H and O–H groups in total. The second-order valence-electron chi connectivity index (χ2n) is 3.39. The lowest BCUT2D eigenvalue weighted by molar-refractivity contribution is 0.598. The van der Waals surface area contributed by atoms with Gasteiger partial charge in [0.1, 0.15) is 5.15 Å². The minimum absolute atomic E-state index is 0.0366. The Morgan fingerprint density at radius 3 is 2.72 bits per heavy atom. The summed E-state index contributed by atoms with van der Waals surface area (Å²) >= 11 is 9.05. The summed E-state index contributed by atoms with van der Waals surface area (Å²) in [6.45, 7) is 0. The standard InChI is InChI=1S/C9H8BrClN4O2S/c1-15-5-13-9(7(15)11)18(16,17)14-8-6(10)3-2-4-12-8/h2-5H,1H3,(H,12,14). The zero-order valence-corrected chi connectivity index (χ0v) is 12.3. The molecule has 0 aromatic carbocycles. The molecular formula is C9H8BrClN4O2S. The van der Waals surface area contributed by atoms with Crippen LogP contribution in [-0.2, 0) is 17.1 Å². The second kappa shape index (κ2) is 4.87. The molecule has 2 aromatic rings. The summed E-state index contributed by atoms with van der Waals surface area (Å²) in [4.78, 5) is 7.66. The first-order chi connectivity index (χ1) is 8.42. The van der Waals surface area contributed by atoms with Crippen molar-refractivity contribution < 1.29 is 8.42 Å². The smallest absolute Gasteiger partial charge is 0.283 e. The Morgan fingerprint density at radius 2 is 2.17 bits per heavy atom. The fraction of sp³-hybridized carbons (Fsp3) is 0.111. The van der Waals surface area contributed by atoms with Crippen molar-refractivity contribution in [2.45, 2.75) is 5.03 Å². The van der Waals surface area contributed by atoms with Crippen LogP contribution in [0.25, 0.3) is 0 Å². The van der Waals surface area contributed by atoms with E-state index in [1.54, 1.807) is 19.2 Å². The van der Waals surface area contributed by atoms with Gasteiger partial charge in [0, 0.05) is 13.2 Å². The van der Waals surface area contributed by atoms with Crippen molar-refractivity contribution in [2.24, 2.45) is 7.05 Å². The van der Waals surface area contributed by atoms with E-state index in [1.165, 1.54) is 17.1 Å². The van der Waals surface area contributed by atoms with E-state index in [2.05, 4.69) is 30.6 Å². The molecule has 0 atom stereocenters. The summed E-state index contributed by atoms with van der Waals surface area (Å²) in [5, 5.41) is -0.196. The van der Waals surface area contributed by atoms with Crippen LogP contribution in [0.1, 0.15) is 0 Å². The van der Waals surface area contributed by atoms with Gasteiger partial charge in [-0.05, 0) is 28.1 Å². The van der Waals surface area contributed by atoms with Gasteiger partial charge in [-0.1, -0.05) is 11.6 Å². The average molecular weight is 352 g/mol. The Balaban J connectivity index is 2.40. The molecule has 0 amide bonds. The molecule has 2 heterocycles. The molecule has 0 saturated heterocycles. The summed E-state index contributed by atoms with van der Waals surface area (Å²) in [6.07, 6.45) is 2.80. The first-order valence-corrected chi connectivity index (χ1v) is 7.37. The fourth-order valence-corrected chi connectivity index (χ4v) is 3.16. The van der Waals surface area contributed by atoms with E-state index in [0.717, 1.165) is 0 Å². The molecule has 96 valence electrons. The van der Waals surface area contributed by atoms with Gasteiger partial charge >= 0.3 is 0 Å². The van der Waals surface area contributed by atoms with Gasteiger partial charge in [0.2, 0.25) is 5.03 Å². The van der Waals surface area contributed by atoms with Crippen LogP contribution in [0.3, 0.4) is 0 Å². The van der Waals surface area contributed by atoms with Gasteiger partial charge in [-0.3, -0.25) is 4.72 Å². The van der Waals surface area contributed by atoms with Crippen LogP contribution in [0, 0.1) is 0 Å². The van der Waals surface area contributed by atoms with Gasteiger partial charge in [0.25, 0.3) is 10.0 Å². The molecule has 0 aliphatic rings. The number of imidazole rings is 1. The number of nitrogens with zero attached hydrogens (tertiary/aromatic N) is 3. The second-order valence-corrected chi connectivity index (χ2v) is 6.20. The molecular weight excluding hydrogens is 344 g/mol. The largest absolute Gasteiger partial charge is 0.324 e. The lowest BCUT2D eigenvalue weighted by Gasteiger charge is -2.06. The Bertz CT molecular complexity index is 686. The van der Waals surface area contributed by atoms with Gasteiger partial charge in [0.05, 0.1) is 10.8 Å². The number of rotatable bonds is 3. The number of sulfonamides is 1. The molecule has 0 aliphatic carbocycles. The van der Waals surface area contributed by atoms with E-state index in [1.807, 2.05) is 0 Å². The highest BCUT2D eigenvalue weighted by atomic mass is 79.9. The zero-order chi connectivity index (χ0) is 13.3. The lowest BCUT2D eigenvalue weighted by atomic mass is 10.5. The molecule has 0 aliphatic heterocycles. The van der Waals surface area contributed by atoms with Crippen molar-refractivity contribution in [2.75, 3.05) is 4.72 Å². The summed E-state index contributed by atoms with van der Waals surface area (Å²) in [7, 11) is -2.25. The van der Waals surface area contributed by atoms with E-state index in [4.69, 9.17) is 11.6 Å². The molecule has 0 saturated carbocycles. The predicted molar refractivity (Wildman–Crippen MR) is 71.0 cm³/mol. The third kappa shape index (κ3) is 2.50. The Labute approximate surface area is 117 Å². The number of pyridine rings is 1. The maximum absolute atomic E-state index is 12.1. The van der Waals surface area contributed by atoms with Gasteiger partial charge in [-0.15, -0.1) is 0 Å². The third-order valence-corrected chi connectivity index (χ3v) is 4.55. The van der Waals surface area contributed by atoms with E-state index in [-0.39, 0.29) is 16.0 Å². The summed E-state index contributed by atoms with van der Waals surface area (Å²) in [6, 6.07) is 3.35. The monoisotopic (exact) mass is 350 g/mol. The van der Waals surface area contributed by atoms with Gasteiger partial charge in [-0.2, -0.15) is 8.42 Å².